The molecule has 0 aliphatic carbocycles. The molecular weight excluding hydrogens is 294 g/mol. The van der Waals surface area contributed by atoms with Gasteiger partial charge in [0.1, 0.15) is 5.76 Å². The Kier molecular flexibility index (Phi) is 3.46. The van der Waals surface area contributed by atoms with Gasteiger partial charge in [0.2, 0.25) is 5.76 Å². The van der Waals surface area contributed by atoms with Crippen molar-refractivity contribution in [2.24, 2.45) is 0 Å². The quantitative estimate of drug-likeness (QED) is 0.799. The summed E-state index contributed by atoms with van der Waals surface area (Å²) in [6.07, 6.45) is 1.10. The number of carbonyl (C=O) groups is 1. The second-order valence-electron chi connectivity index (χ2n) is 4.52. The van der Waals surface area contributed by atoms with E-state index in [0.29, 0.717) is 11.5 Å². The summed E-state index contributed by atoms with van der Waals surface area (Å²) in [7, 11) is 0. The Hall–Kier alpha value is -2.96. The topological polar surface area (TPSA) is 68.3 Å². The Morgan fingerprint density at radius 3 is 2.68 bits per heavy atom. The summed E-state index contributed by atoms with van der Waals surface area (Å²) in [4.78, 5) is 16.0. The Balaban J connectivity index is 1.87. The summed E-state index contributed by atoms with van der Waals surface area (Å²) < 4.78 is 36.6. The predicted molar refractivity (Wildman–Crippen MR) is 73.3 cm³/mol. The fourth-order valence-electron chi connectivity index (χ4n) is 1.90. The number of furan rings is 1. The molecule has 0 aliphatic rings. The average molecular weight is 304 g/mol. The average Bonchev–Trinajstić information content (AvgIpc) is 3.11. The molecule has 0 aliphatic heterocycles. The molecule has 0 spiro atoms. The number of nitrogens with zero attached hydrogens (tertiary/aromatic N) is 1. The van der Waals surface area contributed by atoms with E-state index in [0.717, 1.165) is 18.5 Å². The van der Waals surface area contributed by atoms with Crippen molar-refractivity contribution in [1.29, 1.82) is 0 Å². The van der Waals surface area contributed by atoms with E-state index in [1.54, 1.807) is 19.1 Å². The molecule has 0 saturated carbocycles. The maximum absolute atomic E-state index is 13.1. The highest BCUT2D eigenvalue weighted by Gasteiger charge is 2.21. The van der Waals surface area contributed by atoms with Crippen LogP contribution in [0.5, 0.6) is 0 Å². The van der Waals surface area contributed by atoms with E-state index in [1.807, 2.05) is 0 Å². The summed E-state index contributed by atoms with van der Waals surface area (Å²) in [6, 6.07) is 6.40. The van der Waals surface area contributed by atoms with Crippen LogP contribution in [0.25, 0.3) is 11.5 Å². The number of amides is 1. The van der Waals surface area contributed by atoms with E-state index in [2.05, 4.69) is 10.3 Å². The van der Waals surface area contributed by atoms with Crippen molar-refractivity contribution in [3.8, 4) is 11.5 Å². The lowest BCUT2D eigenvalue weighted by molar-refractivity contribution is 0.102. The number of hydrogen-bond donors (Lipinski definition) is 1. The third kappa shape index (κ3) is 2.60. The van der Waals surface area contributed by atoms with Crippen LogP contribution in [-0.2, 0) is 0 Å². The molecule has 1 N–H and O–H groups in total. The van der Waals surface area contributed by atoms with Crippen LogP contribution >= 0.6 is 0 Å². The van der Waals surface area contributed by atoms with Crippen LogP contribution in [0.4, 0.5) is 14.5 Å². The summed E-state index contributed by atoms with van der Waals surface area (Å²) in [5.41, 5.74) is 0.0903. The molecule has 2 heterocycles. The SMILES string of the molecule is Cc1ccc(-c2ocnc2C(=O)Nc2ccc(F)c(F)c2)o1. The van der Waals surface area contributed by atoms with Crippen molar-refractivity contribution >= 4 is 11.6 Å². The zero-order valence-corrected chi connectivity index (χ0v) is 11.4. The third-order valence-electron chi connectivity index (χ3n) is 2.92. The standard InChI is InChI=1S/C15H10F2N2O3/c1-8-2-5-12(22-8)14-13(18-7-21-14)15(20)19-9-3-4-10(16)11(17)6-9/h2-7H,1H3,(H,19,20). The molecule has 2 aromatic heterocycles. The summed E-state index contributed by atoms with van der Waals surface area (Å²) in [5.74, 6) is -1.51. The van der Waals surface area contributed by atoms with Gasteiger partial charge in [-0.05, 0) is 31.2 Å². The highest BCUT2D eigenvalue weighted by atomic mass is 19.2. The predicted octanol–water partition coefficient (Wildman–Crippen LogP) is 3.77. The molecule has 0 unspecified atom stereocenters. The fourth-order valence-corrected chi connectivity index (χ4v) is 1.90. The van der Waals surface area contributed by atoms with Crippen LogP contribution in [0.3, 0.4) is 0 Å². The highest BCUT2D eigenvalue weighted by Crippen LogP contribution is 2.26. The van der Waals surface area contributed by atoms with Gasteiger partial charge in [-0.15, -0.1) is 0 Å². The molecular formula is C15H10F2N2O3. The first-order valence-corrected chi connectivity index (χ1v) is 6.31. The minimum absolute atomic E-state index is 0.0147. The van der Waals surface area contributed by atoms with Gasteiger partial charge in [-0.25, -0.2) is 13.8 Å². The zero-order valence-electron chi connectivity index (χ0n) is 11.4. The molecule has 5 nitrogen and oxygen atoms in total. The van der Waals surface area contributed by atoms with Gasteiger partial charge in [-0.2, -0.15) is 0 Å². The number of carbonyl (C=O) groups excluding carboxylic acids is 1. The third-order valence-corrected chi connectivity index (χ3v) is 2.92. The van der Waals surface area contributed by atoms with Crippen molar-refractivity contribution in [3.05, 3.63) is 59.8 Å². The van der Waals surface area contributed by atoms with Gasteiger partial charge < -0.3 is 14.2 Å². The van der Waals surface area contributed by atoms with Gasteiger partial charge in [0.15, 0.2) is 29.5 Å². The molecule has 0 atom stereocenters. The van der Waals surface area contributed by atoms with E-state index in [4.69, 9.17) is 8.83 Å². The lowest BCUT2D eigenvalue weighted by Gasteiger charge is -2.04. The van der Waals surface area contributed by atoms with E-state index < -0.39 is 17.5 Å². The first kappa shape index (κ1) is 14.0. The Labute approximate surface area is 123 Å². The van der Waals surface area contributed by atoms with Crippen molar-refractivity contribution in [2.75, 3.05) is 5.32 Å². The van der Waals surface area contributed by atoms with Gasteiger partial charge in [0.05, 0.1) is 0 Å². The van der Waals surface area contributed by atoms with Crippen molar-refractivity contribution in [2.45, 2.75) is 6.92 Å². The Bertz CT molecular complexity index is 839. The molecule has 0 radical (unpaired) electrons. The molecule has 1 aromatic carbocycles. The number of oxazole rings is 1. The molecule has 7 heteroatoms. The van der Waals surface area contributed by atoms with Gasteiger partial charge in [0, 0.05) is 11.8 Å². The first-order chi connectivity index (χ1) is 10.5. The maximum Gasteiger partial charge on any atom is 0.278 e. The molecule has 0 saturated heterocycles. The van der Waals surface area contributed by atoms with Gasteiger partial charge in [0.25, 0.3) is 5.91 Å². The van der Waals surface area contributed by atoms with Gasteiger partial charge in [-0.3, -0.25) is 4.79 Å². The number of benzene rings is 1. The maximum atomic E-state index is 13.1. The van der Waals surface area contributed by atoms with Crippen LogP contribution in [0.1, 0.15) is 16.2 Å². The second-order valence-corrected chi connectivity index (χ2v) is 4.52. The second kappa shape index (κ2) is 5.44. The van der Waals surface area contributed by atoms with E-state index in [-0.39, 0.29) is 17.1 Å². The number of aryl methyl sites for hydroxylation is 1. The Morgan fingerprint density at radius 2 is 2.00 bits per heavy atom. The minimum atomic E-state index is -1.06. The fraction of sp³-hybridized carbons (Fsp3) is 0.0667. The highest BCUT2D eigenvalue weighted by molar-refractivity contribution is 6.06. The number of halogens is 2. The number of rotatable bonds is 3. The molecule has 112 valence electrons. The largest absolute Gasteiger partial charge is 0.458 e. The van der Waals surface area contributed by atoms with Crippen LogP contribution in [-0.4, -0.2) is 10.9 Å². The lowest BCUT2D eigenvalue weighted by atomic mass is 10.2. The van der Waals surface area contributed by atoms with Crippen molar-refractivity contribution in [1.82, 2.24) is 4.98 Å². The molecule has 1 amide bonds. The van der Waals surface area contributed by atoms with E-state index >= 15 is 0 Å². The van der Waals surface area contributed by atoms with Gasteiger partial charge >= 0.3 is 0 Å². The van der Waals surface area contributed by atoms with Crippen LogP contribution in [0.2, 0.25) is 0 Å². The van der Waals surface area contributed by atoms with E-state index in [1.165, 1.54) is 6.07 Å². The molecule has 0 fully saturated rings. The van der Waals surface area contributed by atoms with Crippen LogP contribution in [0, 0.1) is 18.6 Å². The first-order valence-electron chi connectivity index (χ1n) is 6.31. The number of anilines is 1. The molecule has 3 aromatic rings. The van der Waals surface area contributed by atoms with Crippen LogP contribution in [0.15, 0.2) is 45.6 Å². The van der Waals surface area contributed by atoms with Crippen molar-refractivity contribution in [3.63, 3.8) is 0 Å². The minimum Gasteiger partial charge on any atom is -0.458 e. The van der Waals surface area contributed by atoms with Gasteiger partial charge in [-0.1, -0.05) is 0 Å². The number of nitrogens with one attached hydrogen (secondary N) is 1. The van der Waals surface area contributed by atoms with Crippen LogP contribution < -0.4 is 5.32 Å². The summed E-state index contributed by atoms with van der Waals surface area (Å²) >= 11 is 0. The summed E-state index contributed by atoms with van der Waals surface area (Å²) in [5, 5.41) is 2.42. The normalized spacial score (nSPS) is 10.7. The Morgan fingerprint density at radius 1 is 1.18 bits per heavy atom. The smallest absolute Gasteiger partial charge is 0.278 e. The lowest BCUT2D eigenvalue weighted by Crippen LogP contribution is -2.13. The zero-order chi connectivity index (χ0) is 15.7. The molecule has 0 bridgehead atoms. The number of aromatic nitrogens is 1. The molecule has 3 rings (SSSR count). The molecule has 22 heavy (non-hydrogen) atoms. The van der Waals surface area contributed by atoms with E-state index in [9.17, 15) is 13.6 Å². The van der Waals surface area contributed by atoms with Crippen molar-refractivity contribution < 1.29 is 22.4 Å². The number of hydrogen-bond acceptors (Lipinski definition) is 4. The summed E-state index contributed by atoms with van der Waals surface area (Å²) in [6.45, 7) is 1.75. The monoisotopic (exact) mass is 304 g/mol.